The third-order valence-corrected chi connectivity index (χ3v) is 4.72. The SMILES string of the molecule is CCOC(=O)C1CCCCN1C(=O)c1cc(SC)ccc1C. The summed E-state index contributed by atoms with van der Waals surface area (Å²) in [5.74, 6) is -0.347. The summed E-state index contributed by atoms with van der Waals surface area (Å²) in [6, 6.07) is 5.44. The van der Waals surface area contributed by atoms with Crippen molar-refractivity contribution in [1.29, 1.82) is 0 Å². The van der Waals surface area contributed by atoms with E-state index in [0.717, 1.165) is 23.3 Å². The van der Waals surface area contributed by atoms with Gasteiger partial charge in [0.15, 0.2) is 0 Å². The van der Waals surface area contributed by atoms with E-state index in [1.807, 2.05) is 31.4 Å². The molecular formula is C17H23NO3S. The van der Waals surface area contributed by atoms with Crippen LogP contribution in [0.1, 0.15) is 42.1 Å². The Morgan fingerprint density at radius 1 is 1.36 bits per heavy atom. The molecule has 1 fully saturated rings. The highest BCUT2D eigenvalue weighted by Crippen LogP contribution is 2.25. The summed E-state index contributed by atoms with van der Waals surface area (Å²) in [5, 5.41) is 0. The highest BCUT2D eigenvalue weighted by atomic mass is 32.2. The van der Waals surface area contributed by atoms with Crippen LogP contribution < -0.4 is 0 Å². The molecule has 5 heteroatoms. The predicted octanol–water partition coefficient (Wildman–Crippen LogP) is 3.27. The summed E-state index contributed by atoms with van der Waals surface area (Å²) in [7, 11) is 0. The summed E-state index contributed by atoms with van der Waals surface area (Å²) in [4.78, 5) is 27.8. The lowest BCUT2D eigenvalue weighted by atomic mass is 9.99. The van der Waals surface area contributed by atoms with Crippen molar-refractivity contribution < 1.29 is 14.3 Å². The largest absolute Gasteiger partial charge is 0.464 e. The molecule has 0 N–H and O–H groups in total. The van der Waals surface area contributed by atoms with Gasteiger partial charge in [0.2, 0.25) is 0 Å². The van der Waals surface area contributed by atoms with Crippen LogP contribution in [0.15, 0.2) is 23.1 Å². The molecule has 0 spiro atoms. The van der Waals surface area contributed by atoms with Gasteiger partial charge in [-0.15, -0.1) is 11.8 Å². The Morgan fingerprint density at radius 2 is 2.14 bits per heavy atom. The van der Waals surface area contributed by atoms with Gasteiger partial charge in [0.05, 0.1) is 6.61 Å². The Bertz CT molecular complexity index is 559. The van der Waals surface area contributed by atoms with Gasteiger partial charge >= 0.3 is 5.97 Å². The van der Waals surface area contributed by atoms with Crippen molar-refractivity contribution >= 4 is 23.6 Å². The van der Waals surface area contributed by atoms with E-state index in [1.54, 1.807) is 23.6 Å². The van der Waals surface area contributed by atoms with Gasteiger partial charge in [-0.2, -0.15) is 0 Å². The second-order valence-corrected chi connectivity index (χ2v) is 6.32. The van der Waals surface area contributed by atoms with Crippen molar-refractivity contribution in [3.63, 3.8) is 0 Å². The third kappa shape index (κ3) is 3.64. The molecule has 1 aromatic rings. The van der Waals surface area contributed by atoms with Crippen molar-refractivity contribution in [2.75, 3.05) is 19.4 Å². The average Bonchev–Trinajstić information content (AvgIpc) is 2.55. The molecule has 1 amide bonds. The number of thioether (sulfide) groups is 1. The zero-order valence-electron chi connectivity index (χ0n) is 13.4. The average molecular weight is 321 g/mol. The Hall–Kier alpha value is -1.49. The molecule has 1 aliphatic rings. The lowest BCUT2D eigenvalue weighted by Gasteiger charge is -2.34. The summed E-state index contributed by atoms with van der Waals surface area (Å²) in [6.45, 7) is 4.68. The molecule has 0 aliphatic carbocycles. The molecule has 0 radical (unpaired) electrons. The van der Waals surface area contributed by atoms with E-state index in [-0.39, 0.29) is 11.9 Å². The van der Waals surface area contributed by atoms with E-state index in [2.05, 4.69) is 0 Å². The minimum atomic E-state index is -0.446. The number of carbonyl (C=O) groups is 2. The monoisotopic (exact) mass is 321 g/mol. The van der Waals surface area contributed by atoms with E-state index < -0.39 is 6.04 Å². The van der Waals surface area contributed by atoms with Gasteiger partial charge in [0, 0.05) is 17.0 Å². The molecule has 1 unspecified atom stereocenters. The van der Waals surface area contributed by atoms with Crippen molar-refractivity contribution in [3.8, 4) is 0 Å². The summed E-state index contributed by atoms with van der Waals surface area (Å²) >= 11 is 1.61. The first-order chi connectivity index (χ1) is 10.6. The van der Waals surface area contributed by atoms with E-state index in [0.29, 0.717) is 25.1 Å². The third-order valence-electron chi connectivity index (χ3n) is 4.00. The standard InChI is InChI=1S/C17H23NO3S/c1-4-21-17(20)15-7-5-6-10-18(15)16(19)14-11-13(22-3)9-8-12(14)2/h8-9,11,15H,4-7,10H2,1-3H3. The van der Waals surface area contributed by atoms with Crippen LogP contribution in [0.25, 0.3) is 0 Å². The van der Waals surface area contributed by atoms with Gasteiger partial charge in [-0.05, 0) is 57.1 Å². The van der Waals surface area contributed by atoms with Gasteiger partial charge in [0.1, 0.15) is 6.04 Å². The first kappa shape index (κ1) is 16.9. The topological polar surface area (TPSA) is 46.6 Å². The fourth-order valence-corrected chi connectivity index (χ4v) is 3.21. The molecule has 1 saturated heterocycles. The first-order valence-corrected chi connectivity index (χ1v) is 8.93. The van der Waals surface area contributed by atoms with E-state index >= 15 is 0 Å². The molecule has 1 heterocycles. The number of likely N-dealkylation sites (tertiary alicyclic amines) is 1. The Balaban J connectivity index is 2.27. The lowest BCUT2D eigenvalue weighted by Crippen LogP contribution is -2.48. The van der Waals surface area contributed by atoms with Crippen LogP contribution >= 0.6 is 11.8 Å². The number of hydrogen-bond donors (Lipinski definition) is 0. The van der Waals surface area contributed by atoms with E-state index in [1.165, 1.54) is 0 Å². The van der Waals surface area contributed by atoms with E-state index in [9.17, 15) is 9.59 Å². The lowest BCUT2D eigenvalue weighted by molar-refractivity contribution is -0.149. The number of hydrogen-bond acceptors (Lipinski definition) is 4. The van der Waals surface area contributed by atoms with Crippen LogP contribution in [0.4, 0.5) is 0 Å². The minimum absolute atomic E-state index is 0.0637. The van der Waals surface area contributed by atoms with E-state index in [4.69, 9.17) is 4.74 Å². The number of carbonyl (C=O) groups excluding carboxylic acids is 2. The molecule has 1 aromatic carbocycles. The molecule has 4 nitrogen and oxygen atoms in total. The minimum Gasteiger partial charge on any atom is -0.464 e. The smallest absolute Gasteiger partial charge is 0.328 e. The fraction of sp³-hybridized carbons (Fsp3) is 0.529. The number of piperidine rings is 1. The van der Waals surface area contributed by atoms with Gasteiger partial charge in [-0.25, -0.2) is 4.79 Å². The normalized spacial score (nSPS) is 18.1. The fourth-order valence-electron chi connectivity index (χ4n) is 2.77. The van der Waals surface area contributed by atoms with Crippen molar-refractivity contribution in [1.82, 2.24) is 4.90 Å². The molecule has 120 valence electrons. The van der Waals surface area contributed by atoms with Crippen molar-refractivity contribution in [2.24, 2.45) is 0 Å². The Labute approximate surface area is 136 Å². The molecular weight excluding hydrogens is 298 g/mol. The number of nitrogens with zero attached hydrogens (tertiary/aromatic N) is 1. The van der Waals surface area contributed by atoms with Gasteiger partial charge in [-0.1, -0.05) is 6.07 Å². The first-order valence-electron chi connectivity index (χ1n) is 7.70. The molecule has 0 saturated carbocycles. The van der Waals surface area contributed by atoms with Crippen LogP contribution in [0, 0.1) is 6.92 Å². The predicted molar refractivity (Wildman–Crippen MR) is 88.3 cm³/mol. The van der Waals surface area contributed by atoms with Gasteiger partial charge in [-0.3, -0.25) is 4.79 Å². The molecule has 1 aliphatic heterocycles. The van der Waals surface area contributed by atoms with Crippen LogP contribution in [-0.4, -0.2) is 42.2 Å². The zero-order chi connectivity index (χ0) is 16.1. The number of amides is 1. The van der Waals surface area contributed by atoms with Crippen LogP contribution in [0.3, 0.4) is 0 Å². The number of esters is 1. The maximum absolute atomic E-state index is 12.9. The highest BCUT2D eigenvalue weighted by Gasteiger charge is 2.34. The second-order valence-electron chi connectivity index (χ2n) is 5.44. The molecule has 2 rings (SSSR count). The molecule has 0 aromatic heterocycles. The van der Waals surface area contributed by atoms with Crippen molar-refractivity contribution in [2.45, 2.75) is 44.0 Å². The molecule has 0 bridgehead atoms. The summed E-state index contributed by atoms with van der Waals surface area (Å²) in [5.41, 5.74) is 1.62. The van der Waals surface area contributed by atoms with Crippen LogP contribution in [-0.2, 0) is 9.53 Å². The number of benzene rings is 1. The highest BCUT2D eigenvalue weighted by molar-refractivity contribution is 7.98. The van der Waals surface area contributed by atoms with Crippen molar-refractivity contribution in [3.05, 3.63) is 29.3 Å². The van der Waals surface area contributed by atoms with Crippen LogP contribution in [0.5, 0.6) is 0 Å². The number of rotatable bonds is 4. The zero-order valence-corrected chi connectivity index (χ0v) is 14.2. The van der Waals surface area contributed by atoms with Gasteiger partial charge in [0.25, 0.3) is 5.91 Å². The summed E-state index contributed by atoms with van der Waals surface area (Å²) in [6.07, 6.45) is 4.56. The quantitative estimate of drug-likeness (QED) is 0.631. The van der Waals surface area contributed by atoms with Gasteiger partial charge < -0.3 is 9.64 Å². The number of aryl methyl sites for hydroxylation is 1. The number of ether oxygens (including phenoxy) is 1. The molecule has 1 atom stereocenters. The second kappa shape index (κ2) is 7.68. The van der Waals surface area contributed by atoms with Crippen LogP contribution in [0.2, 0.25) is 0 Å². The Kier molecular flexibility index (Phi) is 5.89. The maximum Gasteiger partial charge on any atom is 0.328 e. The molecule has 22 heavy (non-hydrogen) atoms. The summed E-state index contributed by atoms with van der Waals surface area (Å²) < 4.78 is 5.14. The maximum atomic E-state index is 12.9. The Morgan fingerprint density at radius 3 is 2.82 bits per heavy atom.